The molecule has 0 aromatic rings. The molecule has 5 nitrogen and oxygen atoms in total. The Labute approximate surface area is 81.4 Å². The molecular weight excluding hydrogens is 186 g/mol. The minimum Gasteiger partial charge on any atom is -0.479 e. The van der Waals surface area contributed by atoms with Crippen molar-refractivity contribution in [3.63, 3.8) is 0 Å². The number of nitrogens with one attached hydrogen (secondary N) is 1. The smallest absolute Gasteiger partial charge is 0.332 e. The zero-order valence-corrected chi connectivity index (χ0v) is 7.73. The Balaban J connectivity index is 2.24. The Bertz CT molecular complexity index is 268. The van der Waals surface area contributed by atoms with Gasteiger partial charge < -0.3 is 15.2 Å². The minimum absolute atomic E-state index is 0.195. The van der Waals surface area contributed by atoms with Gasteiger partial charge >= 0.3 is 5.97 Å². The van der Waals surface area contributed by atoms with Crippen LogP contribution in [0.5, 0.6) is 0 Å². The molecule has 14 heavy (non-hydrogen) atoms. The largest absolute Gasteiger partial charge is 0.479 e. The first-order chi connectivity index (χ1) is 6.69. The van der Waals surface area contributed by atoms with Crippen LogP contribution < -0.4 is 5.32 Å². The summed E-state index contributed by atoms with van der Waals surface area (Å²) in [7, 11) is 0. The summed E-state index contributed by atoms with van der Waals surface area (Å²) in [5.41, 5.74) is -1.19. The second-order valence-corrected chi connectivity index (χ2v) is 3.90. The maximum absolute atomic E-state index is 11.2. The highest BCUT2D eigenvalue weighted by atomic mass is 16.5. The summed E-state index contributed by atoms with van der Waals surface area (Å²) in [5, 5.41) is 11.6. The molecule has 2 N–H and O–H groups in total. The Morgan fingerprint density at radius 2 is 2.29 bits per heavy atom. The van der Waals surface area contributed by atoms with Crippen LogP contribution >= 0.6 is 0 Å². The van der Waals surface area contributed by atoms with Crippen molar-refractivity contribution in [3.05, 3.63) is 0 Å². The maximum Gasteiger partial charge on any atom is 0.332 e. The molecule has 3 atom stereocenters. The lowest BCUT2D eigenvalue weighted by atomic mass is 9.86. The average molecular weight is 199 g/mol. The quantitative estimate of drug-likeness (QED) is 0.622. The number of rotatable bonds is 3. The molecule has 0 spiro atoms. The van der Waals surface area contributed by atoms with E-state index in [0.717, 1.165) is 12.8 Å². The summed E-state index contributed by atoms with van der Waals surface area (Å²) >= 11 is 0. The number of carbonyl (C=O) groups excluding carboxylic acids is 1. The molecule has 0 aliphatic carbocycles. The van der Waals surface area contributed by atoms with E-state index in [0.29, 0.717) is 19.3 Å². The van der Waals surface area contributed by atoms with Gasteiger partial charge in [0.25, 0.3) is 0 Å². The van der Waals surface area contributed by atoms with Crippen LogP contribution in [0.3, 0.4) is 0 Å². The SMILES string of the molecule is O=CNC1(C(=O)O)CCC2CCC1O2. The van der Waals surface area contributed by atoms with E-state index < -0.39 is 11.5 Å². The monoisotopic (exact) mass is 199 g/mol. The van der Waals surface area contributed by atoms with Crippen molar-refractivity contribution in [2.75, 3.05) is 0 Å². The number of carboxylic acid groups (broad SMARTS) is 1. The summed E-state index contributed by atoms with van der Waals surface area (Å²) < 4.78 is 5.52. The molecule has 2 saturated heterocycles. The fourth-order valence-electron chi connectivity index (χ4n) is 2.41. The predicted molar refractivity (Wildman–Crippen MR) is 46.7 cm³/mol. The molecule has 2 aliphatic heterocycles. The van der Waals surface area contributed by atoms with Crippen LogP contribution in [-0.2, 0) is 14.3 Å². The van der Waals surface area contributed by atoms with Crippen molar-refractivity contribution in [1.29, 1.82) is 0 Å². The van der Waals surface area contributed by atoms with Crippen LogP contribution in [0.1, 0.15) is 25.7 Å². The lowest BCUT2D eigenvalue weighted by Gasteiger charge is -2.38. The molecule has 78 valence electrons. The molecular formula is C9H13NO4. The summed E-state index contributed by atoms with van der Waals surface area (Å²) in [6.07, 6.45) is 3.10. The van der Waals surface area contributed by atoms with Crippen LogP contribution in [0.15, 0.2) is 0 Å². The number of hydrogen-bond acceptors (Lipinski definition) is 3. The number of carbonyl (C=O) groups is 2. The first-order valence-electron chi connectivity index (χ1n) is 4.79. The molecule has 1 amide bonds. The van der Waals surface area contributed by atoms with E-state index in [-0.39, 0.29) is 12.2 Å². The normalized spacial score (nSPS) is 40.6. The van der Waals surface area contributed by atoms with Gasteiger partial charge in [0.2, 0.25) is 6.41 Å². The predicted octanol–water partition coefficient (Wildman–Crippen LogP) is -0.103. The van der Waals surface area contributed by atoms with Crippen LogP contribution in [0.2, 0.25) is 0 Å². The van der Waals surface area contributed by atoms with E-state index in [4.69, 9.17) is 9.84 Å². The van der Waals surface area contributed by atoms with E-state index in [1.165, 1.54) is 0 Å². The Morgan fingerprint density at radius 3 is 2.93 bits per heavy atom. The highest BCUT2D eigenvalue weighted by Gasteiger charge is 2.53. The molecule has 0 radical (unpaired) electrons. The second kappa shape index (κ2) is 3.24. The third kappa shape index (κ3) is 1.19. The van der Waals surface area contributed by atoms with E-state index >= 15 is 0 Å². The first kappa shape index (κ1) is 9.45. The Hall–Kier alpha value is -1.10. The standard InChI is InChI=1S/C9H13NO4/c11-5-10-9(8(12)13)4-3-6-1-2-7(9)14-6/h5-7H,1-4H2,(H,10,11)(H,12,13). The lowest BCUT2D eigenvalue weighted by molar-refractivity contribution is -0.159. The Kier molecular flexibility index (Phi) is 2.19. The minimum atomic E-state index is -1.19. The van der Waals surface area contributed by atoms with Gasteiger partial charge in [-0.25, -0.2) is 4.79 Å². The number of amides is 1. The molecule has 2 bridgehead atoms. The van der Waals surface area contributed by atoms with Crippen molar-refractivity contribution in [2.45, 2.75) is 43.4 Å². The van der Waals surface area contributed by atoms with Gasteiger partial charge in [0.05, 0.1) is 12.2 Å². The zero-order chi connectivity index (χ0) is 10.2. The molecule has 3 unspecified atom stereocenters. The third-order valence-corrected chi connectivity index (χ3v) is 3.22. The van der Waals surface area contributed by atoms with E-state index in [2.05, 4.69) is 5.32 Å². The molecule has 5 heteroatoms. The van der Waals surface area contributed by atoms with Gasteiger partial charge in [-0.05, 0) is 25.7 Å². The summed E-state index contributed by atoms with van der Waals surface area (Å²) in [4.78, 5) is 21.6. The van der Waals surface area contributed by atoms with Gasteiger partial charge in [-0.2, -0.15) is 0 Å². The van der Waals surface area contributed by atoms with Crippen molar-refractivity contribution in [3.8, 4) is 0 Å². The van der Waals surface area contributed by atoms with Crippen LogP contribution in [0, 0.1) is 0 Å². The third-order valence-electron chi connectivity index (χ3n) is 3.22. The van der Waals surface area contributed by atoms with Crippen molar-refractivity contribution in [1.82, 2.24) is 5.32 Å². The zero-order valence-electron chi connectivity index (χ0n) is 7.73. The van der Waals surface area contributed by atoms with Gasteiger partial charge in [0, 0.05) is 0 Å². The molecule has 0 aromatic heterocycles. The van der Waals surface area contributed by atoms with Crippen molar-refractivity contribution in [2.24, 2.45) is 0 Å². The highest BCUT2D eigenvalue weighted by Crippen LogP contribution is 2.39. The van der Waals surface area contributed by atoms with E-state index in [1.54, 1.807) is 0 Å². The first-order valence-corrected chi connectivity index (χ1v) is 4.79. The Morgan fingerprint density at radius 1 is 1.50 bits per heavy atom. The number of hydrogen-bond donors (Lipinski definition) is 2. The van der Waals surface area contributed by atoms with Gasteiger partial charge in [-0.1, -0.05) is 0 Å². The van der Waals surface area contributed by atoms with Gasteiger partial charge in [-0.3, -0.25) is 4.79 Å². The van der Waals surface area contributed by atoms with Gasteiger partial charge in [0.1, 0.15) is 0 Å². The molecule has 2 aliphatic rings. The van der Waals surface area contributed by atoms with Crippen molar-refractivity contribution >= 4 is 12.4 Å². The molecule has 0 saturated carbocycles. The number of carboxylic acids is 1. The van der Waals surface area contributed by atoms with E-state index in [9.17, 15) is 9.59 Å². The summed E-state index contributed by atoms with van der Waals surface area (Å²) in [6.45, 7) is 0. The molecule has 2 heterocycles. The number of ether oxygens (including phenoxy) is 1. The molecule has 2 fully saturated rings. The van der Waals surface area contributed by atoms with Crippen LogP contribution in [0.25, 0.3) is 0 Å². The van der Waals surface area contributed by atoms with Crippen LogP contribution in [-0.4, -0.2) is 35.2 Å². The second-order valence-electron chi connectivity index (χ2n) is 3.90. The highest BCUT2D eigenvalue weighted by molar-refractivity contribution is 5.82. The summed E-state index contributed by atoms with van der Waals surface area (Å²) in [6, 6.07) is 0. The fourth-order valence-corrected chi connectivity index (χ4v) is 2.41. The van der Waals surface area contributed by atoms with Gasteiger partial charge in [0.15, 0.2) is 5.54 Å². The van der Waals surface area contributed by atoms with Crippen molar-refractivity contribution < 1.29 is 19.4 Å². The average Bonchev–Trinajstić information content (AvgIpc) is 2.55. The number of fused-ring (bicyclic) bond motifs is 2. The molecule has 0 aromatic carbocycles. The topological polar surface area (TPSA) is 75.6 Å². The summed E-state index contributed by atoms with van der Waals surface area (Å²) in [5.74, 6) is -0.991. The molecule has 2 rings (SSSR count). The van der Waals surface area contributed by atoms with Gasteiger partial charge in [-0.15, -0.1) is 0 Å². The van der Waals surface area contributed by atoms with Crippen LogP contribution in [0.4, 0.5) is 0 Å². The van der Waals surface area contributed by atoms with E-state index in [1.807, 2.05) is 0 Å². The maximum atomic E-state index is 11.2. The number of aliphatic carboxylic acids is 1. The fraction of sp³-hybridized carbons (Fsp3) is 0.778. The lowest BCUT2D eigenvalue weighted by Crippen LogP contribution is -2.61.